The van der Waals surface area contributed by atoms with Gasteiger partial charge in [0, 0.05) is 35.5 Å². The molecule has 22 heavy (non-hydrogen) atoms. The molecule has 0 bridgehead atoms. The summed E-state index contributed by atoms with van der Waals surface area (Å²) in [5, 5.41) is 0.640. The van der Waals surface area contributed by atoms with Crippen LogP contribution >= 0.6 is 23.2 Å². The Hall–Kier alpha value is -1.01. The van der Waals surface area contributed by atoms with E-state index in [9.17, 15) is 8.42 Å². The first kappa shape index (κ1) is 15.9. The van der Waals surface area contributed by atoms with Gasteiger partial charge in [0.25, 0.3) is 0 Å². The summed E-state index contributed by atoms with van der Waals surface area (Å²) in [7, 11) is -1.70. The van der Waals surface area contributed by atoms with Gasteiger partial charge < -0.3 is 4.57 Å². The minimum Gasteiger partial charge on any atom is -0.353 e. The zero-order valence-electron chi connectivity index (χ0n) is 12.0. The number of aromatic nitrogens is 1. The van der Waals surface area contributed by atoms with Crippen molar-refractivity contribution in [2.75, 3.05) is 6.54 Å². The first-order valence-electron chi connectivity index (χ1n) is 6.99. The molecule has 0 amide bonds. The van der Waals surface area contributed by atoms with Crippen LogP contribution < -0.4 is 0 Å². The van der Waals surface area contributed by atoms with Gasteiger partial charge in [0.1, 0.15) is 0 Å². The molecule has 1 atom stereocenters. The average molecular weight is 359 g/mol. The molecule has 7 heteroatoms. The van der Waals surface area contributed by atoms with Gasteiger partial charge in [-0.05, 0) is 43.2 Å². The number of hydrogen-bond donors (Lipinski definition) is 0. The number of hydrogen-bond acceptors (Lipinski definition) is 2. The van der Waals surface area contributed by atoms with E-state index in [1.165, 1.54) is 18.2 Å². The van der Waals surface area contributed by atoms with E-state index in [4.69, 9.17) is 23.2 Å². The van der Waals surface area contributed by atoms with Crippen LogP contribution in [-0.2, 0) is 17.1 Å². The number of benzene rings is 1. The maximum absolute atomic E-state index is 13.0. The lowest BCUT2D eigenvalue weighted by Gasteiger charge is -2.25. The third kappa shape index (κ3) is 2.78. The van der Waals surface area contributed by atoms with Crippen LogP contribution in [0.4, 0.5) is 0 Å². The van der Waals surface area contributed by atoms with E-state index in [1.807, 2.05) is 29.9 Å². The zero-order chi connectivity index (χ0) is 15.9. The van der Waals surface area contributed by atoms with Crippen molar-refractivity contribution in [1.29, 1.82) is 0 Å². The number of aryl methyl sites for hydroxylation is 1. The topological polar surface area (TPSA) is 42.3 Å². The fourth-order valence-corrected chi connectivity index (χ4v) is 5.35. The summed E-state index contributed by atoms with van der Waals surface area (Å²) in [4.78, 5) is 0.145. The van der Waals surface area contributed by atoms with Crippen molar-refractivity contribution >= 4 is 33.2 Å². The van der Waals surface area contributed by atoms with E-state index in [0.29, 0.717) is 16.6 Å². The van der Waals surface area contributed by atoms with Crippen LogP contribution in [0.25, 0.3) is 0 Å². The summed E-state index contributed by atoms with van der Waals surface area (Å²) in [6.45, 7) is 0.502. The maximum Gasteiger partial charge on any atom is 0.243 e. The van der Waals surface area contributed by atoms with Gasteiger partial charge in [0.15, 0.2) is 0 Å². The highest BCUT2D eigenvalue weighted by Crippen LogP contribution is 2.37. The van der Waals surface area contributed by atoms with Crippen LogP contribution in [0.1, 0.15) is 24.6 Å². The molecule has 0 N–H and O–H groups in total. The summed E-state index contributed by atoms with van der Waals surface area (Å²) in [5.74, 6) is 0. The third-order valence-corrected chi connectivity index (χ3v) is 6.29. The Morgan fingerprint density at radius 1 is 1.18 bits per heavy atom. The molecule has 3 rings (SSSR count). The molecule has 0 spiro atoms. The molecule has 0 saturated carbocycles. The molecule has 0 unspecified atom stereocenters. The summed E-state index contributed by atoms with van der Waals surface area (Å²) in [6.07, 6.45) is 3.57. The predicted octanol–water partition coefficient (Wildman–Crippen LogP) is 3.86. The fourth-order valence-electron chi connectivity index (χ4n) is 2.96. The van der Waals surface area contributed by atoms with Crippen molar-refractivity contribution in [2.45, 2.75) is 23.8 Å². The molecule has 1 fully saturated rings. The van der Waals surface area contributed by atoms with Gasteiger partial charge in [-0.3, -0.25) is 0 Å². The molecule has 1 aliphatic rings. The van der Waals surface area contributed by atoms with Gasteiger partial charge in [-0.15, -0.1) is 0 Å². The minimum absolute atomic E-state index is 0.145. The van der Waals surface area contributed by atoms with Gasteiger partial charge >= 0.3 is 0 Å². The van der Waals surface area contributed by atoms with Crippen LogP contribution in [0.15, 0.2) is 41.4 Å². The molecule has 1 aromatic carbocycles. The van der Waals surface area contributed by atoms with E-state index < -0.39 is 10.0 Å². The van der Waals surface area contributed by atoms with Gasteiger partial charge in [0.2, 0.25) is 10.0 Å². The number of rotatable bonds is 3. The van der Waals surface area contributed by atoms with E-state index in [0.717, 1.165) is 18.5 Å². The molecule has 0 radical (unpaired) electrons. The van der Waals surface area contributed by atoms with E-state index in [-0.39, 0.29) is 10.9 Å². The number of sulfonamides is 1. The van der Waals surface area contributed by atoms with Crippen molar-refractivity contribution in [3.8, 4) is 0 Å². The van der Waals surface area contributed by atoms with Crippen molar-refractivity contribution in [3.05, 3.63) is 52.3 Å². The highest BCUT2D eigenvalue weighted by atomic mass is 35.5. The normalized spacial score (nSPS) is 19.7. The second kappa shape index (κ2) is 5.89. The highest BCUT2D eigenvalue weighted by molar-refractivity contribution is 7.89. The summed E-state index contributed by atoms with van der Waals surface area (Å²) < 4.78 is 29.4. The Kier molecular flexibility index (Phi) is 4.25. The van der Waals surface area contributed by atoms with Gasteiger partial charge in [-0.2, -0.15) is 4.31 Å². The Labute approximate surface area is 140 Å². The molecule has 4 nitrogen and oxygen atoms in total. The second-order valence-corrected chi connectivity index (χ2v) is 8.19. The maximum atomic E-state index is 13.0. The van der Waals surface area contributed by atoms with Gasteiger partial charge in [-0.25, -0.2) is 8.42 Å². The third-order valence-electron chi connectivity index (χ3n) is 3.97. The standard InChI is InChI=1S/C15H16Cl2N2O2S/c1-18-6-2-4-14(18)15-5-3-7-19(15)22(20,21)13-9-11(16)8-12(17)10-13/h2,4,6,8-10,15H,3,5,7H2,1H3/t15-/m0/s1. The zero-order valence-corrected chi connectivity index (χ0v) is 14.4. The Bertz CT molecular complexity index is 781. The molecular formula is C15H16Cl2N2O2S. The largest absolute Gasteiger partial charge is 0.353 e. The molecule has 118 valence electrons. The van der Waals surface area contributed by atoms with Crippen LogP contribution in [0.3, 0.4) is 0 Å². The summed E-state index contributed by atoms with van der Waals surface area (Å²) >= 11 is 11.9. The SMILES string of the molecule is Cn1cccc1[C@@H]1CCCN1S(=O)(=O)c1cc(Cl)cc(Cl)c1. The van der Waals surface area contributed by atoms with E-state index >= 15 is 0 Å². The molecule has 1 aliphatic heterocycles. The molecule has 1 aromatic heterocycles. The Morgan fingerprint density at radius 2 is 1.86 bits per heavy atom. The average Bonchev–Trinajstić information content (AvgIpc) is 3.05. The molecule has 2 aromatic rings. The molecular weight excluding hydrogens is 343 g/mol. The van der Waals surface area contributed by atoms with Crippen molar-refractivity contribution < 1.29 is 8.42 Å². The Balaban J connectivity index is 2.02. The van der Waals surface area contributed by atoms with E-state index in [1.54, 1.807) is 4.31 Å². The second-order valence-electron chi connectivity index (χ2n) is 5.42. The monoisotopic (exact) mass is 358 g/mol. The lowest BCUT2D eigenvalue weighted by Crippen LogP contribution is -2.31. The Morgan fingerprint density at radius 3 is 2.45 bits per heavy atom. The van der Waals surface area contributed by atoms with Crippen molar-refractivity contribution in [3.63, 3.8) is 0 Å². The summed E-state index contributed by atoms with van der Waals surface area (Å²) in [6, 6.07) is 8.16. The quantitative estimate of drug-likeness (QED) is 0.835. The molecule has 1 saturated heterocycles. The minimum atomic E-state index is -3.62. The lowest BCUT2D eigenvalue weighted by molar-refractivity contribution is 0.384. The predicted molar refractivity (Wildman–Crippen MR) is 87.7 cm³/mol. The van der Waals surface area contributed by atoms with Crippen LogP contribution in [0.2, 0.25) is 10.0 Å². The van der Waals surface area contributed by atoms with Crippen molar-refractivity contribution in [2.24, 2.45) is 7.05 Å². The lowest BCUT2D eigenvalue weighted by atomic mass is 10.1. The van der Waals surface area contributed by atoms with Crippen molar-refractivity contribution in [1.82, 2.24) is 8.87 Å². The van der Waals surface area contributed by atoms with Crippen LogP contribution in [0.5, 0.6) is 0 Å². The molecule has 2 heterocycles. The van der Waals surface area contributed by atoms with Gasteiger partial charge in [0.05, 0.1) is 10.9 Å². The van der Waals surface area contributed by atoms with Crippen LogP contribution in [0, 0.1) is 0 Å². The van der Waals surface area contributed by atoms with E-state index in [2.05, 4.69) is 0 Å². The fraction of sp³-hybridized carbons (Fsp3) is 0.333. The first-order valence-corrected chi connectivity index (χ1v) is 9.18. The van der Waals surface area contributed by atoms with Gasteiger partial charge in [-0.1, -0.05) is 23.2 Å². The number of halogens is 2. The first-order chi connectivity index (χ1) is 10.4. The van der Waals surface area contributed by atoms with Crippen LogP contribution in [-0.4, -0.2) is 23.8 Å². The number of nitrogens with zero attached hydrogens (tertiary/aromatic N) is 2. The smallest absolute Gasteiger partial charge is 0.243 e. The highest BCUT2D eigenvalue weighted by Gasteiger charge is 2.37. The molecule has 0 aliphatic carbocycles. The summed E-state index contributed by atoms with van der Waals surface area (Å²) in [5.41, 5.74) is 0.995.